The SMILES string of the molecule is COC(=O)c1cc(Br)cc(Br)c1NC(=O)C1CSCN1. The van der Waals surface area contributed by atoms with Crippen LogP contribution < -0.4 is 10.6 Å². The van der Waals surface area contributed by atoms with E-state index in [9.17, 15) is 9.59 Å². The van der Waals surface area contributed by atoms with Gasteiger partial charge in [0.1, 0.15) is 0 Å². The summed E-state index contributed by atoms with van der Waals surface area (Å²) >= 11 is 8.33. The van der Waals surface area contributed by atoms with Crippen molar-refractivity contribution in [2.24, 2.45) is 0 Å². The van der Waals surface area contributed by atoms with E-state index in [0.29, 0.717) is 21.5 Å². The van der Waals surface area contributed by atoms with Gasteiger partial charge in [0.05, 0.1) is 24.4 Å². The largest absolute Gasteiger partial charge is 0.465 e. The summed E-state index contributed by atoms with van der Waals surface area (Å²) in [7, 11) is 1.30. The zero-order chi connectivity index (χ0) is 14.7. The molecule has 2 N–H and O–H groups in total. The highest BCUT2D eigenvalue weighted by Crippen LogP contribution is 2.31. The van der Waals surface area contributed by atoms with Crippen molar-refractivity contribution < 1.29 is 14.3 Å². The Kier molecular flexibility index (Phi) is 5.48. The molecule has 2 rings (SSSR count). The van der Waals surface area contributed by atoms with Crippen LogP contribution in [0.25, 0.3) is 0 Å². The fourth-order valence-corrected chi connectivity index (χ4v) is 4.01. The molecular weight excluding hydrogens is 412 g/mol. The number of benzene rings is 1. The average Bonchev–Trinajstić information content (AvgIpc) is 2.94. The minimum absolute atomic E-state index is 0.164. The Bertz CT molecular complexity index is 548. The van der Waals surface area contributed by atoms with E-state index in [-0.39, 0.29) is 11.9 Å². The lowest BCUT2D eigenvalue weighted by molar-refractivity contribution is -0.117. The summed E-state index contributed by atoms with van der Waals surface area (Å²) in [4.78, 5) is 23.9. The molecule has 1 amide bonds. The van der Waals surface area contributed by atoms with Gasteiger partial charge in [0.15, 0.2) is 0 Å². The van der Waals surface area contributed by atoms with Crippen LogP contribution in [0.1, 0.15) is 10.4 Å². The van der Waals surface area contributed by atoms with Crippen molar-refractivity contribution in [2.75, 3.05) is 24.1 Å². The molecule has 5 nitrogen and oxygen atoms in total. The first-order valence-corrected chi connectivity index (χ1v) is 8.46. The van der Waals surface area contributed by atoms with E-state index in [0.717, 1.165) is 10.3 Å². The van der Waals surface area contributed by atoms with E-state index in [1.165, 1.54) is 7.11 Å². The van der Waals surface area contributed by atoms with Crippen LogP contribution in [0.3, 0.4) is 0 Å². The number of halogens is 2. The number of carbonyl (C=O) groups is 2. The second kappa shape index (κ2) is 6.93. The number of rotatable bonds is 3. The number of hydrogen-bond donors (Lipinski definition) is 2. The van der Waals surface area contributed by atoms with Crippen molar-refractivity contribution in [2.45, 2.75) is 6.04 Å². The highest BCUT2D eigenvalue weighted by molar-refractivity contribution is 9.11. The number of thioether (sulfide) groups is 1. The number of methoxy groups -OCH3 is 1. The summed E-state index contributed by atoms with van der Waals surface area (Å²) in [6.07, 6.45) is 0. The molecule has 1 aromatic carbocycles. The van der Waals surface area contributed by atoms with Crippen LogP contribution >= 0.6 is 43.6 Å². The third kappa shape index (κ3) is 3.55. The molecule has 20 heavy (non-hydrogen) atoms. The maximum atomic E-state index is 12.1. The van der Waals surface area contributed by atoms with Crippen molar-refractivity contribution in [3.8, 4) is 0 Å². The molecule has 0 aliphatic carbocycles. The van der Waals surface area contributed by atoms with Crippen LogP contribution in [0.4, 0.5) is 5.69 Å². The molecule has 1 heterocycles. The van der Waals surface area contributed by atoms with Crippen molar-refractivity contribution in [1.29, 1.82) is 0 Å². The second-order valence-corrected chi connectivity index (χ2v) is 6.86. The second-order valence-electron chi connectivity index (χ2n) is 4.06. The van der Waals surface area contributed by atoms with E-state index in [4.69, 9.17) is 4.74 Å². The zero-order valence-corrected chi connectivity index (χ0v) is 14.5. The summed E-state index contributed by atoms with van der Waals surface area (Å²) in [6.45, 7) is 0. The number of ether oxygens (including phenoxy) is 1. The van der Waals surface area contributed by atoms with Crippen molar-refractivity contribution >= 4 is 61.2 Å². The fraction of sp³-hybridized carbons (Fsp3) is 0.333. The van der Waals surface area contributed by atoms with Crippen LogP contribution in [-0.4, -0.2) is 36.7 Å². The van der Waals surface area contributed by atoms with Gasteiger partial charge in [-0.3, -0.25) is 10.1 Å². The van der Waals surface area contributed by atoms with Crippen LogP contribution in [-0.2, 0) is 9.53 Å². The van der Waals surface area contributed by atoms with Gasteiger partial charge in [-0.2, -0.15) is 0 Å². The van der Waals surface area contributed by atoms with Crippen LogP contribution in [0.2, 0.25) is 0 Å². The predicted molar refractivity (Wildman–Crippen MR) is 86.1 cm³/mol. The van der Waals surface area contributed by atoms with Crippen LogP contribution in [0, 0.1) is 0 Å². The molecule has 1 fully saturated rings. The number of anilines is 1. The van der Waals surface area contributed by atoms with Gasteiger partial charge in [-0.25, -0.2) is 4.79 Å². The molecular formula is C12H12Br2N2O3S. The van der Waals surface area contributed by atoms with Gasteiger partial charge in [-0.15, -0.1) is 11.8 Å². The maximum Gasteiger partial charge on any atom is 0.340 e. The molecule has 0 saturated carbocycles. The first-order chi connectivity index (χ1) is 9.52. The molecule has 1 aliphatic heterocycles. The Morgan fingerprint density at radius 2 is 2.20 bits per heavy atom. The Morgan fingerprint density at radius 3 is 2.80 bits per heavy atom. The van der Waals surface area contributed by atoms with Crippen molar-refractivity contribution in [3.63, 3.8) is 0 Å². The number of esters is 1. The lowest BCUT2D eigenvalue weighted by Gasteiger charge is -2.15. The molecule has 1 atom stereocenters. The highest BCUT2D eigenvalue weighted by Gasteiger charge is 2.25. The molecule has 0 spiro atoms. The Hall–Kier alpha value is -0.570. The number of nitrogens with one attached hydrogen (secondary N) is 2. The molecule has 1 unspecified atom stereocenters. The minimum atomic E-state index is -0.504. The maximum absolute atomic E-state index is 12.1. The van der Waals surface area contributed by atoms with Gasteiger partial charge in [-0.05, 0) is 28.1 Å². The van der Waals surface area contributed by atoms with E-state index in [1.807, 2.05) is 0 Å². The van der Waals surface area contributed by atoms with Gasteiger partial charge in [0.2, 0.25) is 5.91 Å². The fourth-order valence-electron chi connectivity index (χ4n) is 1.75. The average molecular weight is 424 g/mol. The quantitative estimate of drug-likeness (QED) is 0.731. The smallest absolute Gasteiger partial charge is 0.340 e. The first-order valence-electron chi connectivity index (χ1n) is 5.72. The molecule has 0 aromatic heterocycles. The topological polar surface area (TPSA) is 67.4 Å². The molecule has 0 bridgehead atoms. The minimum Gasteiger partial charge on any atom is -0.465 e. The summed E-state index contributed by atoms with van der Waals surface area (Å²) in [5, 5.41) is 5.86. The number of hydrogen-bond acceptors (Lipinski definition) is 5. The standard InChI is InChI=1S/C12H12Br2N2O3S/c1-19-12(18)7-2-6(13)3-8(14)10(7)16-11(17)9-4-20-5-15-9/h2-3,9,15H,4-5H2,1H3,(H,16,17). The third-order valence-electron chi connectivity index (χ3n) is 2.74. The van der Waals surface area contributed by atoms with E-state index >= 15 is 0 Å². The van der Waals surface area contributed by atoms with Gasteiger partial charge in [-0.1, -0.05) is 15.9 Å². The molecule has 1 saturated heterocycles. The first kappa shape index (κ1) is 15.8. The molecule has 1 aromatic rings. The van der Waals surface area contributed by atoms with Crippen LogP contribution in [0.15, 0.2) is 21.1 Å². The number of amides is 1. The Morgan fingerprint density at radius 1 is 1.45 bits per heavy atom. The monoisotopic (exact) mass is 422 g/mol. The summed E-state index contributed by atoms with van der Waals surface area (Å²) in [6, 6.07) is 3.13. The molecule has 108 valence electrons. The summed E-state index contributed by atoms with van der Waals surface area (Å²) in [5.41, 5.74) is 0.719. The Balaban J connectivity index is 2.29. The summed E-state index contributed by atoms with van der Waals surface area (Å²) < 4.78 is 6.08. The van der Waals surface area contributed by atoms with E-state index in [1.54, 1.807) is 23.9 Å². The third-order valence-corrected chi connectivity index (χ3v) is 4.76. The highest BCUT2D eigenvalue weighted by atomic mass is 79.9. The van der Waals surface area contributed by atoms with Crippen molar-refractivity contribution in [3.05, 3.63) is 26.6 Å². The van der Waals surface area contributed by atoms with Gasteiger partial charge < -0.3 is 10.1 Å². The van der Waals surface area contributed by atoms with Gasteiger partial charge >= 0.3 is 5.97 Å². The van der Waals surface area contributed by atoms with Crippen LogP contribution in [0.5, 0.6) is 0 Å². The Labute approximate surface area is 137 Å². The predicted octanol–water partition coefficient (Wildman–Crippen LogP) is 2.60. The molecule has 0 radical (unpaired) electrons. The number of carbonyl (C=O) groups excluding carboxylic acids is 2. The van der Waals surface area contributed by atoms with E-state index < -0.39 is 5.97 Å². The van der Waals surface area contributed by atoms with Crippen molar-refractivity contribution in [1.82, 2.24) is 5.32 Å². The lowest BCUT2D eigenvalue weighted by Crippen LogP contribution is -2.37. The zero-order valence-electron chi connectivity index (χ0n) is 10.5. The summed E-state index contributed by atoms with van der Waals surface area (Å²) in [5.74, 6) is 0.802. The van der Waals surface area contributed by atoms with Gasteiger partial charge in [0, 0.05) is 20.6 Å². The van der Waals surface area contributed by atoms with Gasteiger partial charge in [0.25, 0.3) is 0 Å². The molecule has 1 aliphatic rings. The lowest BCUT2D eigenvalue weighted by atomic mass is 10.1. The normalized spacial score (nSPS) is 17.9. The van der Waals surface area contributed by atoms with E-state index in [2.05, 4.69) is 42.5 Å². The molecule has 8 heteroatoms.